The predicted octanol–water partition coefficient (Wildman–Crippen LogP) is 3.53. The van der Waals surface area contributed by atoms with Gasteiger partial charge in [0.05, 0.1) is 0 Å². The van der Waals surface area contributed by atoms with Gasteiger partial charge in [-0.2, -0.15) is 0 Å². The molecule has 1 nitrogen and oxygen atoms in total. The Morgan fingerprint density at radius 2 is 1.50 bits per heavy atom. The number of aromatic nitrogens is 1. The van der Waals surface area contributed by atoms with Crippen molar-refractivity contribution in [1.82, 2.24) is 4.40 Å². The van der Waals surface area contributed by atoms with Crippen LogP contribution in [0.4, 0.5) is 0 Å². The van der Waals surface area contributed by atoms with Gasteiger partial charge in [0.2, 0.25) is 0 Å². The van der Waals surface area contributed by atoms with E-state index in [2.05, 4.69) is 71.4 Å². The zero-order valence-electron chi connectivity index (χ0n) is 9.01. The first-order valence-electron chi connectivity index (χ1n) is 5.52. The molecular formula is C15H13N. The highest BCUT2D eigenvalue weighted by Gasteiger charge is 2.01. The smallest absolute Gasteiger partial charge is 0.0485 e. The molecule has 16 heavy (non-hydrogen) atoms. The molecule has 0 aliphatic rings. The largest absolute Gasteiger partial charge is 0.324 e. The highest BCUT2D eigenvalue weighted by atomic mass is 14.8. The summed E-state index contributed by atoms with van der Waals surface area (Å²) in [7, 11) is 0. The standard InChI is InChI=1S/C15H13N/c1-2-6-13(7-3-1)12-14-8-4-10-16-11-5-9-15(14)16/h1-11H,12H2. The van der Waals surface area contributed by atoms with Crippen LogP contribution in [0, 0.1) is 0 Å². The Labute approximate surface area is 95.0 Å². The van der Waals surface area contributed by atoms with Gasteiger partial charge in [0.15, 0.2) is 0 Å². The third-order valence-electron chi connectivity index (χ3n) is 2.89. The fourth-order valence-corrected chi connectivity index (χ4v) is 2.10. The molecule has 2 heterocycles. The Hall–Kier alpha value is -2.02. The van der Waals surface area contributed by atoms with Gasteiger partial charge >= 0.3 is 0 Å². The molecule has 3 aromatic rings. The summed E-state index contributed by atoms with van der Waals surface area (Å²) in [5.74, 6) is 0. The highest BCUT2D eigenvalue weighted by Crippen LogP contribution is 2.15. The van der Waals surface area contributed by atoms with Gasteiger partial charge in [0.25, 0.3) is 0 Å². The molecule has 0 radical (unpaired) electrons. The SMILES string of the molecule is c1ccc(Cc2cccn3cccc23)cc1. The molecule has 0 N–H and O–H groups in total. The monoisotopic (exact) mass is 207 g/mol. The molecular weight excluding hydrogens is 194 g/mol. The number of fused-ring (bicyclic) bond motifs is 1. The molecule has 0 bridgehead atoms. The Bertz CT molecular complexity index is 593. The second kappa shape index (κ2) is 3.86. The summed E-state index contributed by atoms with van der Waals surface area (Å²) in [6, 6.07) is 19.1. The van der Waals surface area contributed by atoms with E-state index in [0.717, 1.165) is 6.42 Å². The first-order chi connectivity index (χ1) is 7.93. The van der Waals surface area contributed by atoms with E-state index in [1.54, 1.807) is 0 Å². The Balaban J connectivity index is 2.04. The summed E-state index contributed by atoms with van der Waals surface area (Å²) in [6.45, 7) is 0. The van der Waals surface area contributed by atoms with E-state index >= 15 is 0 Å². The van der Waals surface area contributed by atoms with Gasteiger partial charge in [-0.1, -0.05) is 36.4 Å². The molecule has 0 unspecified atom stereocenters. The van der Waals surface area contributed by atoms with E-state index in [4.69, 9.17) is 0 Å². The number of benzene rings is 1. The molecule has 0 aliphatic carbocycles. The molecule has 0 aliphatic heterocycles. The van der Waals surface area contributed by atoms with Crippen molar-refractivity contribution >= 4 is 5.52 Å². The van der Waals surface area contributed by atoms with Crippen LogP contribution in [-0.4, -0.2) is 4.40 Å². The summed E-state index contributed by atoms with van der Waals surface area (Å²) in [5.41, 5.74) is 4.03. The normalized spacial score (nSPS) is 10.8. The van der Waals surface area contributed by atoms with Crippen molar-refractivity contribution < 1.29 is 0 Å². The van der Waals surface area contributed by atoms with Crippen LogP contribution in [0.3, 0.4) is 0 Å². The second-order valence-corrected chi connectivity index (χ2v) is 4.00. The van der Waals surface area contributed by atoms with Gasteiger partial charge in [-0.25, -0.2) is 0 Å². The third kappa shape index (κ3) is 1.61. The molecule has 1 aromatic carbocycles. The maximum absolute atomic E-state index is 2.20. The Kier molecular flexibility index (Phi) is 2.22. The fourth-order valence-electron chi connectivity index (χ4n) is 2.10. The van der Waals surface area contributed by atoms with Crippen molar-refractivity contribution in [3.63, 3.8) is 0 Å². The van der Waals surface area contributed by atoms with E-state index in [1.807, 2.05) is 0 Å². The quantitative estimate of drug-likeness (QED) is 0.605. The van der Waals surface area contributed by atoms with Crippen LogP contribution in [0.25, 0.3) is 5.52 Å². The van der Waals surface area contributed by atoms with Crippen molar-refractivity contribution in [3.8, 4) is 0 Å². The first-order valence-corrected chi connectivity index (χ1v) is 5.52. The molecule has 78 valence electrons. The lowest BCUT2D eigenvalue weighted by Crippen LogP contribution is -1.91. The fraction of sp³-hybridized carbons (Fsp3) is 0.0667. The van der Waals surface area contributed by atoms with Gasteiger partial charge in [0.1, 0.15) is 0 Å². The lowest BCUT2D eigenvalue weighted by molar-refractivity contribution is 1.13. The highest BCUT2D eigenvalue weighted by molar-refractivity contribution is 5.56. The molecule has 0 atom stereocenters. The van der Waals surface area contributed by atoms with E-state index < -0.39 is 0 Å². The number of hydrogen-bond acceptors (Lipinski definition) is 0. The van der Waals surface area contributed by atoms with E-state index in [9.17, 15) is 0 Å². The van der Waals surface area contributed by atoms with Gasteiger partial charge in [0, 0.05) is 17.9 Å². The predicted molar refractivity (Wildman–Crippen MR) is 66.6 cm³/mol. The van der Waals surface area contributed by atoms with Gasteiger partial charge in [-0.05, 0) is 35.7 Å². The molecule has 0 spiro atoms. The third-order valence-corrected chi connectivity index (χ3v) is 2.89. The molecule has 2 aromatic heterocycles. The second-order valence-electron chi connectivity index (χ2n) is 4.00. The van der Waals surface area contributed by atoms with Crippen molar-refractivity contribution in [2.24, 2.45) is 0 Å². The Morgan fingerprint density at radius 3 is 2.31 bits per heavy atom. The summed E-state index contributed by atoms with van der Waals surface area (Å²) in [5, 5.41) is 0. The van der Waals surface area contributed by atoms with Crippen molar-refractivity contribution in [3.05, 3.63) is 78.1 Å². The average molecular weight is 207 g/mol. The van der Waals surface area contributed by atoms with E-state index in [-0.39, 0.29) is 0 Å². The van der Waals surface area contributed by atoms with Crippen LogP contribution in [0.15, 0.2) is 67.0 Å². The van der Waals surface area contributed by atoms with Crippen LogP contribution in [0.1, 0.15) is 11.1 Å². The molecule has 0 saturated carbocycles. The van der Waals surface area contributed by atoms with Gasteiger partial charge < -0.3 is 4.40 Å². The molecule has 3 rings (SSSR count). The minimum atomic E-state index is 0.995. The van der Waals surface area contributed by atoms with Crippen LogP contribution in [-0.2, 0) is 6.42 Å². The van der Waals surface area contributed by atoms with Crippen LogP contribution >= 0.6 is 0 Å². The molecule has 1 heteroatoms. The number of nitrogens with zero attached hydrogens (tertiary/aromatic N) is 1. The van der Waals surface area contributed by atoms with Crippen LogP contribution in [0.2, 0.25) is 0 Å². The summed E-state index contributed by atoms with van der Waals surface area (Å²) in [4.78, 5) is 0. The average Bonchev–Trinajstić information content (AvgIpc) is 2.80. The summed E-state index contributed by atoms with van der Waals surface area (Å²) in [6.07, 6.45) is 5.17. The number of rotatable bonds is 2. The minimum Gasteiger partial charge on any atom is -0.324 e. The maximum Gasteiger partial charge on any atom is 0.0485 e. The molecule has 0 saturated heterocycles. The topological polar surface area (TPSA) is 4.41 Å². The minimum absolute atomic E-state index is 0.995. The zero-order chi connectivity index (χ0) is 10.8. The number of pyridine rings is 1. The summed E-state index contributed by atoms with van der Waals surface area (Å²) >= 11 is 0. The van der Waals surface area contributed by atoms with Gasteiger partial charge in [-0.15, -0.1) is 0 Å². The lowest BCUT2D eigenvalue weighted by atomic mass is 10.1. The Morgan fingerprint density at radius 1 is 0.750 bits per heavy atom. The molecule has 0 amide bonds. The molecule has 0 fully saturated rings. The van der Waals surface area contributed by atoms with Crippen LogP contribution in [0.5, 0.6) is 0 Å². The van der Waals surface area contributed by atoms with Crippen molar-refractivity contribution in [2.75, 3.05) is 0 Å². The van der Waals surface area contributed by atoms with Crippen LogP contribution < -0.4 is 0 Å². The zero-order valence-corrected chi connectivity index (χ0v) is 9.01. The van der Waals surface area contributed by atoms with Gasteiger partial charge in [-0.3, -0.25) is 0 Å². The van der Waals surface area contributed by atoms with Crippen molar-refractivity contribution in [1.29, 1.82) is 0 Å². The lowest BCUT2D eigenvalue weighted by Gasteiger charge is -2.04. The maximum atomic E-state index is 2.20. The number of hydrogen-bond donors (Lipinski definition) is 0. The summed E-state index contributed by atoms with van der Waals surface area (Å²) < 4.78 is 2.16. The first kappa shape index (κ1) is 9.22. The van der Waals surface area contributed by atoms with Crippen molar-refractivity contribution in [2.45, 2.75) is 6.42 Å². The van der Waals surface area contributed by atoms with E-state index in [0.29, 0.717) is 0 Å². The van der Waals surface area contributed by atoms with E-state index in [1.165, 1.54) is 16.6 Å².